The van der Waals surface area contributed by atoms with Crippen LogP contribution in [0.4, 0.5) is 0 Å². The lowest BCUT2D eigenvalue weighted by Gasteiger charge is -2.05. The molecule has 1 aromatic heterocycles. The Bertz CT molecular complexity index is 642. The molecule has 0 aliphatic carbocycles. The summed E-state index contributed by atoms with van der Waals surface area (Å²) >= 11 is 0. The summed E-state index contributed by atoms with van der Waals surface area (Å²) < 4.78 is 7.30. The van der Waals surface area contributed by atoms with Crippen molar-refractivity contribution in [2.24, 2.45) is 0 Å². The fourth-order valence-corrected chi connectivity index (χ4v) is 1.91. The van der Waals surface area contributed by atoms with Gasteiger partial charge in [0.15, 0.2) is 5.78 Å². The van der Waals surface area contributed by atoms with E-state index in [2.05, 4.69) is 5.10 Å². The first-order valence-electron chi connectivity index (χ1n) is 7.10. The molecule has 1 heterocycles. The van der Waals surface area contributed by atoms with Crippen molar-refractivity contribution in [2.75, 3.05) is 6.61 Å². The maximum atomic E-state index is 12.1. The molecule has 0 bridgehead atoms. The van der Waals surface area contributed by atoms with Crippen molar-refractivity contribution in [1.29, 1.82) is 0 Å². The summed E-state index contributed by atoms with van der Waals surface area (Å²) in [6.45, 7) is 6.58. The number of aromatic nitrogens is 2. The fraction of sp³-hybridized carbons (Fsp3) is 0.294. The number of rotatable bonds is 6. The van der Waals surface area contributed by atoms with Gasteiger partial charge < -0.3 is 4.74 Å². The summed E-state index contributed by atoms with van der Waals surface area (Å²) in [6, 6.07) is 7.89. The standard InChI is InChI=1S/C17H20N2O2/c1-4-21-17-8-6-5-7-14(17)9-10-16(20)15-11-18-19(12-15)13(2)3/h5-13H,4H2,1-3H3. The van der Waals surface area contributed by atoms with Gasteiger partial charge in [-0.1, -0.05) is 18.2 Å². The zero-order chi connectivity index (χ0) is 15.2. The van der Waals surface area contributed by atoms with Gasteiger partial charge in [-0.05, 0) is 39.0 Å². The van der Waals surface area contributed by atoms with Crippen LogP contribution in [0.2, 0.25) is 0 Å². The van der Waals surface area contributed by atoms with Crippen LogP contribution >= 0.6 is 0 Å². The predicted octanol–water partition coefficient (Wildman–Crippen LogP) is 3.76. The number of hydrogen-bond acceptors (Lipinski definition) is 3. The van der Waals surface area contributed by atoms with Crippen molar-refractivity contribution < 1.29 is 9.53 Å². The van der Waals surface area contributed by atoms with Gasteiger partial charge >= 0.3 is 0 Å². The third kappa shape index (κ3) is 3.81. The van der Waals surface area contributed by atoms with Gasteiger partial charge in [0.1, 0.15) is 5.75 Å². The Balaban J connectivity index is 2.15. The van der Waals surface area contributed by atoms with Crippen LogP contribution in [0.3, 0.4) is 0 Å². The number of ketones is 1. The second-order valence-electron chi connectivity index (χ2n) is 4.97. The van der Waals surface area contributed by atoms with Crippen LogP contribution in [0, 0.1) is 0 Å². The lowest BCUT2D eigenvalue weighted by molar-refractivity contribution is 0.104. The Hall–Kier alpha value is -2.36. The van der Waals surface area contributed by atoms with E-state index in [9.17, 15) is 4.79 Å². The van der Waals surface area contributed by atoms with E-state index in [0.29, 0.717) is 12.2 Å². The van der Waals surface area contributed by atoms with Crippen molar-refractivity contribution in [1.82, 2.24) is 9.78 Å². The van der Waals surface area contributed by atoms with Crippen molar-refractivity contribution in [3.63, 3.8) is 0 Å². The molecular formula is C17H20N2O2. The first-order chi connectivity index (χ1) is 10.1. The van der Waals surface area contributed by atoms with E-state index in [4.69, 9.17) is 4.74 Å². The molecule has 0 atom stereocenters. The molecule has 0 saturated carbocycles. The molecule has 0 N–H and O–H groups in total. The third-order valence-corrected chi connectivity index (χ3v) is 3.05. The molecule has 4 heteroatoms. The Morgan fingerprint density at radius 2 is 2.14 bits per heavy atom. The van der Waals surface area contributed by atoms with Gasteiger partial charge in [-0.3, -0.25) is 9.48 Å². The van der Waals surface area contributed by atoms with Gasteiger partial charge in [0, 0.05) is 17.8 Å². The number of ether oxygens (including phenoxy) is 1. The van der Waals surface area contributed by atoms with Gasteiger partial charge in [0.25, 0.3) is 0 Å². The molecule has 0 unspecified atom stereocenters. The summed E-state index contributed by atoms with van der Waals surface area (Å²) in [4.78, 5) is 12.1. The van der Waals surface area contributed by atoms with Crippen molar-refractivity contribution in [3.8, 4) is 5.75 Å². The Labute approximate surface area is 125 Å². The zero-order valence-electron chi connectivity index (χ0n) is 12.6. The third-order valence-electron chi connectivity index (χ3n) is 3.05. The Morgan fingerprint density at radius 3 is 2.81 bits per heavy atom. The van der Waals surface area contributed by atoms with Crippen LogP contribution in [0.15, 0.2) is 42.7 Å². The molecule has 0 saturated heterocycles. The summed E-state index contributed by atoms with van der Waals surface area (Å²) in [5, 5.41) is 4.18. The number of hydrogen-bond donors (Lipinski definition) is 0. The lowest BCUT2D eigenvalue weighted by Crippen LogP contribution is -2.00. The summed E-state index contributed by atoms with van der Waals surface area (Å²) in [6.07, 6.45) is 6.70. The summed E-state index contributed by atoms with van der Waals surface area (Å²) in [5.41, 5.74) is 1.48. The van der Waals surface area contributed by atoms with E-state index >= 15 is 0 Å². The van der Waals surface area contributed by atoms with Gasteiger partial charge in [0.2, 0.25) is 0 Å². The molecule has 0 spiro atoms. The van der Waals surface area contributed by atoms with E-state index < -0.39 is 0 Å². The van der Waals surface area contributed by atoms with Crippen LogP contribution in [-0.4, -0.2) is 22.2 Å². The number of carbonyl (C=O) groups is 1. The minimum Gasteiger partial charge on any atom is -0.493 e. The molecule has 0 amide bonds. The number of nitrogens with zero attached hydrogens (tertiary/aromatic N) is 2. The highest BCUT2D eigenvalue weighted by molar-refractivity contribution is 6.06. The van der Waals surface area contributed by atoms with Crippen LogP contribution in [0.5, 0.6) is 5.75 Å². The molecule has 4 nitrogen and oxygen atoms in total. The molecular weight excluding hydrogens is 264 g/mol. The smallest absolute Gasteiger partial charge is 0.189 e. The topological polar surface area (TPSA) is 44.1 Å². The minimum absolute atomic E-state index is 0.0619. The molecule has 2 rings (SSSR count). The van der Waals surface area contributed by atoms with Crippen molar-refractivity contribution in [3.05, 3.63) is 53.9 Å². The van der Waals surface area contributed by atoms with Crippen LogP contribution in [0.25, 0.3) is 6.08 Å². The average molecular weight is 284 g/mol. The largest absolute Gasteiger partial charge is 0.493 e. The first kappa shape index (κ1) is 15.0. The van der Waals surface area contributed by atoms with Crippen LogP contribution in [-0.2, 0) is 0 Å². The summed E-state index contributed by atoms with van der Waals surface area (Å²) in [5.74, 6) is 0.718. The molecule has 2 aromatic rings. The second-order valence-corrected chi connectivity index (χ2v) is 4.97. The van der Waals surface area contributed by atoms with Crippen LogP contribution < -0.4 is 4.74 Å². The van der Waals surface area contributed by atoms with E-state index in [1.54, 1.807) is 29.2 Å². The number of para-hydroxylation sites is 1. The Kier molecular flexibility index (Phi) is 4.93. The zero-order valence-corrected chi connectivity index (χ0v) is 12.6. The molecule has 1 aromatic carbocycles. The number of allylic oxidation sites excluding steroid dienone is 1. The number of benzene rings is 1. The SMILES string of the molecule is CCOc1ccccc1C=CC(=O)c1cnn(C(C)C)c1. The number of carbonyl (C=O) groups excluding carboxylic acids is 1. The predicted molar refractivity (Wildman–Crippen MR) is 83.6 cm³/mol. The average Bonchev–Trinajstić information content (AvgIpc) is 2.96. The monoisotopic (exact) mass is 284 g/mol. The molecule has 110 valence electrons. The second kappa shape index (κ2) is 6.88. The molecule has 0 fully saturated rings. The normalized spacial score (nSPS) is 11.2. The lowest BCUT2D eigenvalue weighted by atomic mass is 10.1. The quantitative estimate of drug-likeness (QED) is 0.599. The van der Waals surface area contributed by atoms with Gasteiger partial charge in [-0.2, -0.15) is 5.10 Å². The molecule has 0 radical (unpaired) electrons. The molecule has 21 heavy (non-hydrogen) atoms. The van der Waals surface area contributed by atoms with E-state index in [1.807, 2.05) is 45.0 Å². The Morgan fingerprint density at radius 1 is 1.38 bits per heavy atom. The highest BCUT2D eigenvalue weighted by Crippen LogP contribution is 2.19. The fourth-order valence-electron chi connectivity index (χ4n) is 1.91. The van der Waals surface area contributed by atoms with Gasteiger partial charge in [-0.25, -0.2) is 0 Å². The minimum atomic E-state index is -0.0619. The first-order valence-corrected chi connectivity index (χ1v) is 7.10. The van der Waals surface area contributed by atoms with E-state index in [1.165, 1.54) is 0 Å². The summed E-state index contributed by atoms with van der Waals surface area (Å²) in [7, 11) is 0. The highest BCUT2D eigenvalue weighted by Gasteiger charge is 2.07. The van der Waals surface area contributed by atoms with E-state index in [-0.39, 0.29) is 11.8 Å². The van der Waals surface area contributed by atoms with Crippen molar-refractivity contribution in [2.45, 2.75) is 26.8 Å². The van der Waals surface area contributed by atoms with E-state index in [0.717, 1.165) is 11.3 Å². The maximum absolute atomic E-state index is 12.1. The van der Waals surface area contributed by atoms with Gasteiger partial charge in [-0.15, -0.1) is 0 Å². The highest BCUT2D eigenvalue weighted by atomic mass is 16.5. The van der Waals surface area contributed by atoms with Gasteiger partial charge in [0.05, 0.1) is 18.4 Å². The van der Waals surface area contributed by atoms with Crippen LogP contribution in [0.1, 0.15) is 42.7 Å². The maximum Gasteiger partial charge on any atom is 0.189 e. The molecule has 0 aliphatic heterocycles. The molecule has 0 aliphatic rings. The van der Waals surface area contributed by atoms with Crippen molar-refractivity contribution >= 4 is 11.9 Å².